The fourth-order valence-corrected chi connectivity index (χ4v) is 3.69. The van der Waals surface area contributed by atoms with Gasteiger partial charge >= 0.3 is 0 Å². The number of benzene rings is 1. The van der Waals surface area contributed by atoms with E-state index in [1.165, 1.54) is 6.07 Å². The van der Waals surface area contributed by atoms with Crippen molar-refractivity contribution in [3.8, 4) is 0 Å². The third-order valence-electron chi connectivity index (χ3n) is 5.33. The Morgan fingerprint density at radius 3 is 2.74 bits per heavy atom. The molecule has 1 heterocycles. The zero-order valence-corrected chi connectivity index (χ0v) is 14.1. The number of hydrogen-bond donors (Lipinski definition) is 1. The molecule has 3 rings (SSSR count). The number of amides is 1. The summed E-state index contributed by atoms with van der Waals surface area (Å²) < 4.78 is 13.9. The van der Waals surface area contributed by atoms with Crippen molar-refractivity contribution in [2.75, 3.05) is 13.1 Å². The Bertz CT molecular complexity index is 558. The highest BCUT2D eigenvalue weighted by molar-refractivity contribution is 5.81. The van der Waals surface area contributed by atoms with Crippen LogP contribution in [0.25, 0.3) is 0 Å². The highest BCUT2D eigenvalue weighted by atomic mass is 19.1. The van der Waals surface area contributed by atoms with Gasteiger partial charge in [0.25, 0.3) is 0 Å². The predicted octanol–water partition coefficient (Wildman–Crippen LogP) is 3.51. The van der Waals surface area contributed by atoms with Crippen LogP contribution in [-0.4, -0.2) is 29.9 Å². The normalized spacial score (nSPS) is 26.1. The third kappa shape index (κ3) is 3.74. The first-order valence-corrected chi connectivity index (χ1v) is 8.89. The molecule has 0 spiro atoms. The fraction of sp³-hybridized carbons (Fsp3) is 0.632. The zero-order chi connectivity index (χ0) is 16.4. The number of hydrogen-bond acceptors (Lipinski definition) is 2. The van der Waals surface area contributed by atoms with Crippen LogP contribution in [-0.2, 0) is 4.79 Å². The minimum absolute atomic E-state index is 0.0130. The van der Waals surface area contributed by atoms with E-state index in [1.54, 1.807) is 6.07 Å². The molecule has 0 bridgehead atoms. The molecule has 3 nitrogen and oxygen atoms in total. The van der Waals surface area contributed by atoms with Crippen molar-refractivity contribution >= 4 is 5.91 Å². The van der Waals surface area contributed by atoms with Crippen LogP contribution in [0.15, 0.2) is 24.3 Å². The zero-order valence-electron chi connectivity index (χ0n) is 14.1. The molecule has 3 atom stereocenters. The summed E-state index contributed by atoms with van der Waals surface area (Å²) >= 11 is 0. The van der Waals surface area contributed by atoms with Gasteiger partial charge in [0.2, 0.25) is 5.91 Å². The van der Waals surface area contributed by atoms with Gasteiger partial charge in [-0.15, -0.1) is 0 Å². The lowest BCUT2D eigenvalue weighted by atomic mass is 9.88. The maximum Gasteiger partial charge on any atom is 0.225 e. The molecule has 2 aliphatic rings. The number of likely N-dealkylation sites (tertiary alicyclic amines) is 1. The number of halogens is 1. The van der Waals surface area contributed by atoms with E-state index in [-0.39, 0.29) is 11.9 Å². The van der Waals surface area contributed by atoms with E-state index >= 15 is 0 Å². The molecule has 23 heavy (non-hydrogen) atoms. The summed E-state index contributed by atoms with van der Waals surface area (Å²) in [6.45, 7) is 5.87. The first kappa shape index (κ1) is 16.4. The van der Waals surface area contributed by atoms with Crippen molar-refractivity contribution in [2.45, 2.75) is 51.6 Å². The van der Waals surface area contributed by atoms with Crippen molar-refractivity contribution in [3.05, 3.63) is 35.6 Å². The lowest BCUT2D eigenvalue weighted by Crippen LogP contribution is -2.51. The molecule has 0 aromatic heterocycles. The van der Waals surface area contributed by atoms with Crippen LogP contribution in [0.5, 0.6) is 0 Å². The molecule has 1 aliphatic carbocycles. The van der Waals surface area contributed by atoms with Gasteiger partial charge in [-0.05, 0) is 38.2 Å². The van der Waals surface area contributed by atoms with E-state index in [2.05, 4.69) is 17.1 Å². The van der Waals surface area contributed by atoms with Crippen LogP contribution in [0.2, 0.25) is 0 Å². The Morgan fingerprint density at radius 1 is 1.35 bits per heavy atom. The predicted molar refractivity (Wildman–Crippen MR) is 89.4 cm³/mol. The molecule has 1 aromatic rings. The molecule has 4 heteroatoms. The minimum Gasteiger partial charge on any atom is -0.342 e. The highest BCUT2D eigenvalue weighted by Crippen LogP contribution is 2.33. The fourth-order valence-electron chi connectivity index (χ4n) is 3.69. The second-order valence-corrected chi connectivity index (χ2v) is 7.03. The average Bonchev–Trinajstić information content (AvgIpc) is 3.39. The smallest absolute Gasteiger partial charge is 0.225 e. The van der Waals surface area contributed by atoms with Gasteiger partial charge in [-0.1, -0.05) is 31.5 Å². The molecule has 0 unspecified atom stereocenters. The Balaban J connectivity index is 1.61. The first-order chi connectivity index (χ1) is 11.1. The van der Waals surface area contributed by atoms with Crippen LogP contribution in [0, 0.1) is 17.7 Å². The summed E-state index contributed by atoms with van der Waals surface area (Å²) in [6, 6.07) is 7.30. The Labute approximate surface area is 138 Å². The average molecular weight is 318 g/mol. The van der Waals surface area contributed by atoms with Gasteiger partial charge in [0, 0.05) is 36.7 Å². The maximum absolute atomic E-state index is 13.9. The van der Waals surface area contributed by atoms with Crippen molar-refractivity contribution in [2.24, 2.45) is 11.8 Å². The Hall–Kier alpha value is -1.42. The van der Waals surface area contributed by atoms with Gasteiger partial charge in [0.05, 0.1) is 0 Å². The van der Waals surface area contributed by atoms with Crippen LogP contribution in [0.1, 0.15) is 51.1 Å². The van der Waals surface area contributed by atoms with Gasteiger partial charge in [-0.2, -0.15) is 0 Å². The topological polar surface area (TPSA) is 32.3 Å². The largest absolute Gasteiger partial charge is 0.342 e. The minimum atomic E-state index is -0.151. The van der Waals surface area contributed by atoms with E-state index in [9.17, 15) is 9.18 Å². The number of nitrogens with zero attached hydrogens (tertiary/aromatic N) is 1. The van der Waals surface area contributed by atoms with Gasteiger partial charge in [0.1, 0.15) is 5.82 Å². The van der Waals surface area contributed by atoms with Crippen molar-refractivity contribution in [1.29, 1.82) is 0 Å². The van der Waals surface area contributed by atoms with E-state index in [4.69, 9.17) is 0 Å². The van der Waals surface area contributed by atoms with E-state index in [0.29, 0.717) is 23.8 Å². The summed E-state index contributed by atoms with van der Waals surface area (Å²) in [7, 11) is 0. The van der Waals surface area contributed by atoms with Gasteiger partial charge in [-0.25, -0.2) is 4.39 Å². The monoisotopic (exact) mass is 318 g/mol. The summed E-state index contributed by atoms with van der Waals surface area (Å²) in [6.07, 6.45) is 4.13. The third-order valence-corrected chi connectivity index (χ3v) is 5.33. The Morgan fingerprint density at radius 2 is 2.09 bits per heavy atom. The molecule has 126 valence electrons. The lowest BCUT2D eigenvalue weighted by molar-refractivity contribution is -0.134. The van der Waals surface area contributed by atoms with Crippen molar-refractivity contribution in [1.82, 2.24) is 10.2 Å². The SMILES string of the molecule is CC[C@@H]1CN(C(=O)C2CC2)CC[C@H]1N[C@H](C)c1ccccc1F. The lowest BCUT2D eigenvalue weighted by Gasteiger charge is -2.40. The number of carbonyl (C=O) groups excluding carboxylic acids is 1. The van der Waals surface area contributed by atoms with Gasteiger partial charge in [-0.3, -0.25) is 4.79 Å². The van der Waals surface area contributed by atoms with Crippen LogP contribution in [0.4, 0.5) is 4.39 Å². The van der Waals surface area contributed by atoms with E-state index < -0.39 is 0 Å². The van der Waals surface area contributed by atoms with Crippen LogP contribution >= 0.6 is 0 Å². The summed E-state index contributed by atoms with van der Waals surface area (Å²) in [5.74, 6) is 0.945. The number of carbonyl (C=O) groups is 1. The molecular formula is C19H27FN2O. The van der Waals surface area contributed by atoms with Gasteiger partial charge < -0.3 is 10.2 Å². The van der Waals surface area contributed by atoms with E-state index in [0.717, 1.165) is 44.3 Å². The standard InChI is InChI=1S/C19H27FN2O/c1-3-14-12-22(19(23)15-8-9-15)11-10-18(14)21-13(2)16-6-4-5-7-17(16)20/h4-7,13-15,18,21H,3,8-12H2,1-2H3/t13-,14-,18-/m1/s1. The molecular weight excluding hydrogens is 291 g/mol. The second-order valence-electron chi connectivity index (χ2n) is 7.03. The highest BCUT2D eigenvalue weighted by Gasteiger charge is 2.37. The molecule has 2 fully saturated rings. The van der Waals surface area contributed by atoms with E-state index in [1.807, 2.05) is 19.1 Å². The molecule has 0 radical (unpaired) electrons. The molecule has 1 N–H and O–H groups in total. The number of piperidine rings is 1. The molecule has 1 amide bonds. The quantitative estimate of drug-likeness (QED) is 0.901. The van der Waals surface area contributed by atoms with Crippen molar-refractivity contribution < 1.29 is 9.18 Å². The summed E-state index contributed by atoms with van der Waals surface area (Å²) in [4.78, 5) is 14.3. The number of rotatable bonds is 5. The molecule has 1 saturated heterocycles. The molecule has 1 saturated carbocycles. The summed E-state index contributed by atoms with van der Waals surface area (Å²) in [5.41, 5.74) is 0.721. The van der Waals surface area contributed by atoms with Crippen LogP contribution < -0.4 is 5.32 Å². The van der Waals surface area contributed by atoms with Crippen LogP contribution in [0.3, 0.4) is 0 Å². The Kier molecular flexibility index (Phi) is 5.00. The molecule has 1 aromatic carbocycles. The van der Waals surface area contributed by atoms with Gasteiger partial charge in [0.15, 0.2) is 0 Å². The maximum atomic E-state index is 13.9. The first-order valence-electron chi connectivity index (χ1n) is 8.89. The second kappa shape index (κ2) is 7.00. The summed E-state index contributed by atoms with van der Waals surface area (Å²) in [5, 5.41) is 3.60. The number of nitrogens with one attached hydrogen (secondary N) is 1. The molecule has 1 aliphatic heterocycles. The van der Waals surface area contributed by atoms with Crippen molar-refractivity contribution in [3.63, 3.8) is 0 Å².